The van der Waals surface area contributed by atoms with Gasteiger partial charge in [-0.1, -0.05) is 6.07 Å². The smallest absolute Gasteiger partial charge is 0.223 e. The summed E-state index contributed by atoms with van der Waals surface area (Å²) < 4.78 is 5.63. The summed E-state index contributed by atoms with van der Waals surface area (Å²) in [5.41, 5.74) is 2.32. The van der Waals surface area contributed by atoms with E-state index in [4.69, 9.17) is 4.74 Å². The summed E-state index contributed by atoms with van der Waals surface area (Å²) in [5.74, 6) is 1.25. The lowest BCUT2D eigenvalue weighted by molar-refractivity contribution is -0.121. The van der Waals surface area contributed by atoms with Crippen LogP contribution in [0.3, 0.4) is 0 Å². The summed E-state index contributed by atoms with van der Waals surface area (Å²) in [7, 11) is 0. The summed E-state index contributed by atoms with van der Waals surface area (Å²) in [6, 6.07) is 6.05. The van der Waals surface area contributed by atoms with E-state index < -0.39 is 0 Å². The molecule has 1 aromatic rings. The van der Waals surface area contributed by atoms with Crippen LogP contribution in [0.1, 0.15) is 36.8 Å². The van der Waals surface area contributed by atoms with Gasteiger partial charge in [0, 0.05) is 6.54 Å². The normalized spacial score (nSPS) is 21.3. The number of carbonyl (C=O) groups is 1. The highest BCUT2D eigenvalue weighted by atomic mass is 16.5. The molecule has 0 bridgehead atoms. The maximum Gasteiger partial charge on any atom is 0.223 e. The van der Waals surface area contributed by atoms with Crippen LogP contribution in [0.5, 0.6) is 5.75 Å². The predicted octanol–water partition coefficient (Wildman–Crippen LogP) is 2.35. The van der Waals surface area contributed by atoms with Crippen molar-refractivity contribution in [3.63, 3.8) is 0 Å². The zero-order valence-electron chi connectivity index (χ0n) is 12.9. The SMILES string of the molecule is Cc1cc(C)cc(OCCC(=O)NCC2CCC(O)C2)c1. The van der Waals surface area contributed by atoms with E-state index in [1.54, 1.807) is 0 Å². The van der Waals surface area contributed by atoms with Crippen molar-refractivity contribution < 1.29 is 14.6 Å². The quantitative estimate of drug-likeness (QED) is 0.846. The van der Waals surface area contributed by atoms with Crippen LogP contribution in [0.4, 0.5) is 0 Å². The van der Waals surface area contributed by atoms with E-state index >= 15 is 0 Å². The van der Waals surface area contributed by atoms with Gasteiger partial charge in [0.05, 0.1) is 19.1 Å². The Bertz CT molecular complexity index is 467. The number of hydrogen-bond donors (Lipinski definition) is 2. The summed E-state index contributed by atoms with van der Waals surface area (Å²) >= 11 is 0. The van der Waals surface area contributed by atoms with Crippen molar-refractivity contribution >= 4 is 5.91 Å². The van der Waals surface area contributed by atoms with E-state index in [1.807, 2.05) is 26.0 Å². The van der Waals surface area contributed by atoms with Crippen LogP contribution in [0.15, 0.2) is 18.2 Å². The van der Waals surface area contributed by atoms with Gasteiger partial charge in [0.2, 0.25) is 5.91 Å². The highest BCUT2D eigenvalue weighted by molar-refractivity contribution is 5.75. The number of hydrogen-bond acceptors (Lipinski definition) is 3. The van der Waals surface area contributed by atoms with Gasteiger partial charge in [-0.25, -0.2) is 0 Å². The molecular formula is C17H25NO3. The molecule has 1 aromatic carbocycles. The number of aliphatic hydroxyl groups excluding tert-OH is 1. The van der Waals surface area contributed by atoms with Crippen LogP contribution in [0.2, 0.25) is 0 Å². The van der Waals surface area contributed by atoms with Crippen molar-refractivity contribution in [2.45, 2.75) is 45.6 Å². The van der Waals surface area contributed by atoms with E-state index in [2.05, 4.69) is 11.4 Å². The molecule has 4 nitrogen and oxygen atoms in total. The predicted molar refractivity (Wildman–Crippen MR) is 82.4 cm³/mol. The first-order chi connectivity index (χ1) is 10.0. The van der Waals surface area contributed by atoms with Gasteiger partial charge in [0.25, 0.3) is 0 Å². The number of aliphatic hydroxyl groups is 1. The summed E-state index contributed by atoms with van der Waals surface area (Å²) in [4.78, 5) is 11.8. The van der Waals surface area contributed by atoms with Gasteiger partial charge in [0.1, 0.15) is 5.75 Å². The van der Waals surface area contributed by atoms with Crippen molar-refractivity contribution in [1.29, 1.82) is 0 Å². The first-order valence-electron chi connectivity index (χ1n) is 7.69. The minimum absolute atomic E-state index is 0.0146. The standard InChI is InChI=1S/C17H25NO3/c1-12-7-13(2)9-16(8-12)21-6-5-17(20)18-11-14-3-4-15(19)10-14/h7-9,14-15,19H,3-6,10-11H2,1-2H3,(H,18,20). The largest absolute Gasteiger partial charge is 0.493 e. The summed E-state index contributed by atoms with van der Waals surface area (Å²) in [6.45, 7) is 5.12. The Hall–Kier alpha value is -1.55. The molecule has 1 saturated carbocycles. The molecule has 2 atom stereocenters. The second-order valence-corrected chi connectivity index (χ2v) is 6.06. The van der Waals surface area contributed by atoms with Crippen LogP contribution in [0.25, 0.3) is 0 Å². The van der Waals surface area contributed by atoms with Crippen molar-refractivity contribution in [2.24, 2.45) is 5.92 Å². The van der Waals surface area contributed by atoms with E-state index in [0.29, 0.717) is 25.5 Å². The Balaban J connectivity index is 1.65. The van der Waals surface area contributed by atoms with E-state index in [1.165, 1.54) is 0 Å². The molecule has 1 amide bonds. The number of nitrogens with one attached hydrogen (secondary N) is 1. The fourth-order valence-corrected chi connectivity index (χ4v) is 2.86. The van der Waals surface area contributed by atoms with Gasteiger partial charge in [-0.15, -0.1) is 0 Å². The maximum atomic E-state index is 11.8. The molecule has 0 aromatic heterocycles. The number of ether oxygens (including phenoxy) is 1. The molecule has 0 heterocycles. The van der Waals surface area contributed by atoms with Gasteiger partial charge < -0.3 is 15.2 Å². The molecule has 0 saturated heterocycles. The first-order valence-corrected chi connectivity index (χ1v) is 7.69. The molecule has 1 aliphatic carbocycles. The van der Waals surface area contributed by atoms with E-state index in [9.17, 15) is 9.90 Å². The molecule has 1 fully saturated rings. The van der Waals surface area contributed by atoms with Gasteiger partial charge in [0.15, 0.2) is 0 Å². The monoisotopic (exact) mass is 291 g/mol. The van der Waals surface area contributed by atoms with Crippen molar-refractivity contribution in [3.05, 3.63) is 29.3 Å². The Morgan fingerprint density at radius 2 is 2.00 bits per heavy atom. The number of carbonyl (C=O) groups excluding carboxylic acids is 1. The molecule has 4 heteroatoms. The van der Waals surface area contributed by atoms with Crippen LogP contribution >= 0.6 is 0 Å². The van der Waals surface area contributed by atoms with E-state index in [0.717, 1.165) is 36.1 Å². The summed E-state index contributed by atoms with van der Waals surface area (Å²) in [6.07, 6.45) is 2.85. The third-order valence-corrected chi connectivity index (χ3v) is 3.89. The zero-order valence-corrected chi connectivity index (χ0v) is 12.9. The number of rotatable bonds is 6. The minimum atomic E-state index is -0.181. The second kappa shape index (κ2) is 7.46. The van der Waals surface area contributed by atoms with Crippen LogP contribution in [-0.4, -0.2) is 30.3 Å². The Labute approximate surface area is 126 Å². The molecule has 0 radical (unpaired) electrons. The third-order valence-electron chi connectivity index (χ3n) is 3.89. The molecule has 21 heavy (non-hydrogen) atoms. The number of benzene rings is 1. The van der Waals surface area contributed by atoms with Gasteiger partial charge >= 0.3 is 0 Å². The molecule has 0 aliphatic heterocycles. The Kier molecular flexibility index (Phi) is 5.62. The topological polar surface area (TPSA) is 58.6 Å². The molecule has 2 rings (SSSR count). The fourth-order valence-electron chi connectivity index (χ4n) is 2.86. The Morgan fingerprint density at radius 1 is 1.29 bits per heavy atom. The lowest BCUT2D eigenvalue weighted by atomic mass is 10.1. The van der Waals surface area contributed by atoms with Gasteiger partial charge in [-0.2, -0.15) is 0 Å². The molecular weight excluding hydrogens is 266 g/mol. The highest BCUT2D eigenvalue weighted by Crippen LogP contribution is 2.24. The minimum Gasteiger partial charge on any atom is -0.493 e. The molecule has 2 N–H and O–H groups in total. The molecule has 0 spiro atoms. The molecule has 116 valence electrons. The van der Waals surface area contributed by atoms with Crippen LogP contribution < -0.4 is 10.1 Å². The summed E-state index contributed by atoms with van der Waals surface area (Å²) in [5, 5.41) is 12.4. The average molecular weight is 291 g/mol. The maximum absolute atomic E-state index is 11.8. The third kappa shape index (κ3) is 5.38. The number of aryl methyl sites for hydroxylation is 2. The van der Waals surface area contributed by atoms with Crippen LogP contribution in [0, 0.1) is 19.8 Å². The Morgan fingerprint density at radius 3 is 2.62 bits per heavy atom. The molecule has 1 aliphatic rings. The lowest BCUT2D eigenvalue weighted by Gasteiger charge is -2.11. The van der Waals surface area contributed by atoms with Gasteiger partial charge in [-0.3, -0.25) is 4.79 Å². The van der Waals surface area contributed by atoms with Crippen molar-refractivity contribution in [1.82, 2.24) is 5.32 Å². The first kappa shape index (κ1) is 15.8. The number of amides is 1. The van der Waals surface area contributed by atoms with Crippen molar-refractivity contribution in [3.8, 4) is 5.75 Å². The highest BCUT2D eigenvalue weighted by Gasteiger charge is 2.22. The molecule has 2 unspecified atom stereocenters. The van der Waals surface area contributed by atoms with Crippen LogP contribution in [-0.2, 0) is 4.79 Å². The fraction of sp³-hybridized carbons (Fsp3) is 0.588. The van der Waals surface area contributed by atoms with E-state index in [-0.39, 0.29) is 12.0 Å². The van der Waals surface area contributed by atoms with Gasteiger partial charge in [-0.05, 0) is 62.3 Å². The average Bonchev–Trinajstić information content (AvgIpc) is 2.81. The second-order valence-electron chi connectivity index (χ2n) is 6.06. The zero-order chi connectivity index (χ0) is 15.2. The lowest BCUT2D eigenvalue weighted by Crippen LogP contribution is -2.29. The van der Waals surface area contributed by atoms with Crippen molar-refractivity contribution in [2.75, 3.05) is 13.2 Å².